The van der Waals surface area contributed by atoms with E-state index >= 15 is 0 Å². The van der Waals surface area contributed by atoms with E-state index in [2.05, 4.69) is 31.1 Å². The second kappa shape index (κ2) is 13.5. The highest BCUT2D eigenvalue weighted by Gasteiger charge is 2.35. The molecule has 2 amide bonds. The molecule has 3 aromatic rings. The number of rotatable bonds is 11. The lowest BCUT2D eigenvalue weighted by atomic mass is 9.91. The second-order valence-corrected chi connectivity index (χ2v) is 12.7. The Balaban J connectivity index is 1.39. The first-order valence-electron chi connectivity index (χ1n) is 13.8. The summed E-state index contributed by atoms with van der Waals surface area (Å²) in [6.07, 6.45) is 4.38. The summed E-state index contributed by atoms with van der Waals surface area (Å²) in [6, 6.07) is 11.7. The van der Waals surface area contributed by atoms with Crippen LogP contribution in [-0.4, -0.2) is 89.4 Å². The zero-order chi connectivity index (χ0) is 29.6. The van der Waals surface area contributed by atoms with Crippen LogP contribution in [-0.2, 0) is 29.9 Å². The summed E-state index contributed by atoms with van der Waals surface area (Å²) in [5.74, 6) is 0.255. The number of hydrogen-bond donors (Lipinski definition) is 2. The van der Waals surface area contributed by atoms with Crippen molar-refractivity contribution in [3.8, 4) is 11.4 Å². The lowest BCUT2D eigenvalue weighted by Crippen LogP contribution is -2.54. The summed E-state index contributed by atoms with van der Waals surface area (Å²) in [6.45, 7) is 4.60. The number of nitrogens with one attached hydrogen (secondary N) is 2. The van der Waals surface area contributed by atoms with E-state index < -0.39 is 10.0 Å². The summed E-state index contributed by atoms with van der Waals surface area (Å²) in [5.41, 5.74) is 3.53. The number of hydrogen-bond acceptors (Lipinski definition) is 7. The smallest absolute Gasteiger partial charge is 0.319 e. The predicted octanol–water partition coefficient (Wildman–Crippen LogP) is 2.91. The van der Waals surface area contributed by atoms with Crippen molar-refractivity contribution >= 4 is 21.7 Å². The molecule has 41 heavy (non-hydrogen) atoms. The Morgan fingerprint density at radius 2 is 1.93 bits per heavy atom. The Morgan fingerprint density at radius 3 is 2.59 bits per heavy atom. The van der Waals surface area contributed by atoms with Crippen LogP contribution in [0.2, 0.25) is 0 Å². The number of benzene rings is 2. The molecule has 0 spiro atoms. The van der Waals surface area contributed by atoms with Gasteiger partial charge in [-0.15, -0.1) is 5.10 Å². The molecule has 2 heterocycles. The van der Waals surface area contributed by atoms with Gasteiger partial charge in [0.2, 0.25) is 10.0 Å². The van der Waals surface area contributed by atoms with Gasteiger partial charge in [-0.05, 0) is 90.7 Å². The fourth-order valence-corrected chi connectivity index (χ4v) is 6.12. The molecule has 13 heteroatoms. The minimum Gasteiger partial charge on any atom is -0.337 e. The van der Waals surface area contributed by atoms with Crippen LogP contribution in [0.15, 0.2) is 42.5 Å². The Hall–Kier alpha value is -3.42. The van der Waals surface area contributed by atoms with E-state index in [-0.39, 0.29) is 23.8 Å². The zero-order valence-electron chi connectivity index (χ0n) is 24.0. The summed E-state index contributed by atoms with van der Waals surface area (Å²) >= 11 is 0. The Labute approximate surface area is 241 Å². The van der Waals surface area contributed by atoms with E-state index in [4.69, 9.17) is 0 Å². The third-order valence-electron chi connectivity index (χ3n) is 7.68. The van der Waals surface area contributed by atoms with Crippen molar-refractivity contribution in [2.75, 3.05) is 44.8 Å². The van der Waals surface area contributed by atoms with E-state index in [1.165, 1.54) is 22.7 Å². The van der Waals surface area contributed by atoms with Crippen LogP contribution in [0.25, 0.3) is 11.4 Å². The average molecular weight is 587 g/mol. The van der Waals surface area contributed by atoms with Gasteiger partial charge in [-0.25, -0.2) is 26.6 Å². The molecule has 0 aliphatic carbocycles. The summed E-state index contributed by atoms with van der Waals surface area (Å²) < 4.78 is 41.0. The van der Waals surface area contributed by atoms with Crippen LogP contribution in [0.4, 0.5) is 14.9 Å². The molecule has 2 N–H and O–H groups in total. The first kappa shape index (κ1) is 30.5. The van der Waals surface area contributed by atoms with Gasteiger partial charge < -0.3 is 15.5 Å². The van der Waals surface area contributed by atoms with Gasteiger partial charge in [0.05, 0.1) is 6.26 Å². The van der Waals surface area contributed by atoms with Gasteiger partial charge in [-0.1, -0.05) is 19.1 Å². The molecule has 1 aliphatic rings. The molecule has 0 saturated carbocycles. The van der Waals surface area contributed by atoms with Crippen LogP contribution in [0.5, 0.6) is 0 Å². The molecule has 0 unspecified atom stereocenters. The van der Waals surface area contributed by atoms with Crippen molar-refractivity contribution in [1.29, 1.82) is 0 Å². The lowest BCUT2D eigenvalue weighted by molar-refractivity contribution is 0.108. The number of aromatic nitrogens is 4. The molecule has 2 aromatic carbocycles. The first-order chi connectivity index (χ1) is 19.5. The molecule has 4 rings (SSSR count). The largest absolute Gasteiger partial charge is 0.337 e. The molecule has 0 radical (unpaired) electrons. The molecule has 11 nitrogen and oxygen atoms in total. The molecule has 0 bridgehead atoms. The van der Waals surface area contributed by atoms with Crippen molar-refractivity contribution in [1.82, 2.24) is 34.7 Å². The minimum atomic E-state index is -3.40. The van der Waals surface area contributed by atoms with E-state index in [9.17, 15) is 17.6 Å². The van der Waals surface area contributed by atoms with Gasteiger partial charge in [-0.3, -0.25) is 0 Å². The Kier molecular flexibility index (Phi) is 10.1. The predicted molar refractivity (Wildman–Crippen MR) is 156 cm³/mol. The van der Waals surface area contributed by atoms with Crippen molar-refractivity contribution in [3.05, 3.63) is 59.4 Å². The number of aryl methyl sites for hydroxylation is 3. The molecule has 1 fully saturated rings. The van der Waals surface area contributed by atoms with Crippen molar-refractivity contribution < 1.29 is 17.6 Å². The van der Waals surface area contributed by atoms with Crippen LogP contribution >= 0.6 is 0 Å². The average Bonchev–Trinajstić information content (AvgIpc) is 3.37. The van der Waals surface area contributed by atoms with Gasteiger partial charge in [0.25, 0.3) is 0 Å². The fraction of sp³-hybridized carbons (Fsp3) is 0.500. The highest BCUT2D eigenvalue weighted by molar-refractivity contribution is 7.88. The van der Waals surface area contributed by atoms with E-state index in [1.54, 1.807) is 30.9 Å². The normalized spacial score (nSPS) is 18.0. The monoisotopic (exact) mass is 586 g/mol. The number of nitrogens with zero attached hydrogens (tertiary/aromatic N) is 6. The number of tetrazole rings is 1. The third kappa shape index (κ3) is 8.30. The number of carbonyl (C=O) groups excluding carboxylic acids is 1. The summed E-state index contributed by atoms with van der Waals surface area (Å²) in [5, 5.41) is 17.6. The molecule has 1 aromatic heterocycles. The standard InChI is InChI=1S/C28H39FN8O3S/c1-5-20-15-22(27-32-33-34-35(27)2)17-25(16-20)31-28(38)30-18-23-19-37(14-12-26(23)36(3)41(4,39)40)13-6-7-21-8-10-24(29)11-9-21/h8-11,15-17,23,26H,5-7,12-14,18-19H2,1-4H3,(H2,30,31,38)/t23-,26-/m0/s1. The molecular formula is C28H39FN8O3S. The molecule has 222 valence electrons. The van der Waals surface area contributed by atoms with Gasteiger partial charge in [0.15, 0.2) is 5.82 Å². The first-order valence-corrected chi connectivity index (χ1v) is 15.7. The maximum absolute atomic E-state index is 13.2. The van der Waals surface area contributed by atoms with Gasteiger partial charge >= 0.3 is 6.03 Å². The number of sulfonamides is 1. The van der Waals surface area contributed by atoms with Crippen LogP contribution < -0.4 is 10.6 Å². The maximum atomic E-state index is 13.2. The van der Waals surface area contributed by atoms with Crippen LogP contribution in [0.3, 0.4) is 0 Å². The van der Waals surface area contributed by atoms with Crippen LogP contribution in [0, 0.1) is 11.7 Å². The number of piperidine rings is 1. The number of anilines is 1. The zero-order valence-corrected chi connectivity index (χ0v) is 24.9. The Bertz CT molecular complexity index is 1430. The van der Waals surface area contributed by atoms with E-state index in [0.29, 0.717) is 31.0 Å². The maximum Gasteiger partial charge on any atom is 0.319 e. The third-order valence-corrected chi connectivity index (χ3v) is 9.00. The molecule has 1 saturated heterocycles. The van der Waals surface area contributed by atoms with Crippen LogP contribution in [0.1, 0.15) is 30.9 Å². The molecule has 2 atom stereocenters. The van der Waals surface area contributed by atoms with Crippen molar-refractivity contribution in [3.63, 3.8) is 0 Å². The molecule has 1 aliphatic heterocycles. The minimum absolute atomic E-state index is 0.0951. The number of urea groups is 1. The number of likely N-dealkylation sites (tertiary alicyclic amines) is 1. The van der Waals surface area contributed by atoms with Crippen molar-refractivity contribution in [2.24, 2.45) is 13.0 Å². The summed E-state index contributed by atoms with van der Waals surface area (Å²) in [7, 11) is -0.0309. The topological polar surface area (TPSA) is 125 Å². The summed E-state index contributed by atoms with van der Waals surface area (Å²) in [4.78, 5) is 15.3. The Morgan fingerprint density at radius 1 is 1.17 bits per heavy atom. The van der Waals surface area contributed by atoms with E-state index in [1.807, 2.05) is 25.1 Å². The second-order valence-electron chi connectivity index (χ2n) is 10.7. The quantitative estimate of drug-likeness (QED) is 0.354. The highest BCUT2D eigenvalue weighted by Crippen LogP contribution is 2.25. The number of amides is 2. The lowest BCUT2D eigenvalue weighted by Gasteiger charge is -2.42. The number of carbonyl (C=O) groups is 1. The van der Waals surface area contributed by atoms with E-state index in [0.717, 1.165) is 49.0 Å². The molecular weight excluding hydrogens is 547 g/mol. The van der Waals surface area contributed by atoms with Gasteiger partial charge in [-0.2, -0.15) is 0 Å². The highest BCUT2D eigenvalue weighted by atomic mass is 32.2. The van der Waals surface area contributed by atoms with Crippen molar-refractivity contribution in [2.45, 2.75) is 38.6 Å². The van der Waals surface area contributed by atoms with Gasteiger partial charge in [0, 0.05) is 50.4 Å². The fourth-order valence-electron chi connectivity index (χ4n) is 5.35. The SMILES string of the molecule is CCc1cc(NC(=O)NC[C@H]2CN(CCCc3ccc(F)cc3)CC[C@@H]2N(C)S(C)(=O)=O)cc(-c2nnnn2C)c1. The number of halogens is 1. The van der Waals surface area contributed by atoms with Gasteiger partial charge in [0.1, 0.15) is 5.82 Å².